The molecule has 0 fully saturated rings. The first-order chi connectivity index (χ1) is 10.2. The van der Waals surface area contributed by atoms with Crippen LogP contribution in [0.5, 0.6) is 0 Å². The van der Waals surface area contributed by atoms with Crippen LogP contribution >= 0.6 is 23.2 Å². The van der Waals surface area contributed by atoms with Crippen LogP contribution in [0.1, 0.15) is 10.4 Å². The average molecular weight is 356 g/mol. The van der Waals surface area contributed by atoms with Gasteiger partial charge in [-0.3, -0.25) is 4.79 Å². The van der Waals surface area contributed by atoms with Gasteiger partial charge in [-0.2, -0.15) is 0 Å². The minimum Gasteiger partial charge on any atom is -0.320 e. The van der Waals surface area contributed by atoms with Gasteiger partial charge < -0.3 is 5.32 Å². The molecular weight excluding hydrogens is 352 g/mol. The molecule has 0 bridgehead atoms. The highest BCUT2D eigenvalue weighted by molar-refractivity contribution is 6.35. The maximum atomic E-state index is 13.5. The number of hydrogen-bond donors (Lipinski definition) is 1. The Hall–Kier alpha value is -1.86. The fraction of sp³-hybridized carbons (Fsp3) is 0. The number of hydrogen-bond acceptors (Lipinski definition) is 1. The van der Waals surface area contributed by atoms with Gasteiger partial charge in [0.1, 0.15) is 5.56 Å². The van der Waals surface area contributed by atoms with Crippen LogP contribution in [0, 0.1) is 29.1 Å². The Balaban J connectivity index is 2.49. The molecular formula is C13H4Cl2F5NO. The number of anilines is 1. The van der Waals surface area contributed by atoms with E-state index in [-0.39, 0.29) is 15.7 Å². The second-order valence-corrected chi connectivity index (χ2v) is 4.87. The first-order valence-corrected chi connectivity index (χ1v) is 6.27. The fourth-order valence-corrected chi connectivity index (χ4v) is 1.92. The molecule has 0 unspecified atom stereocenters. The Morgan fingerprint density at radius 3 is 1.91 bits per heavy atom. The van der Waals surface area contributed by atoms with Gasteiger partial charge in [0, 0.05) is 5.02 Å². The van der Waals surface area contributed by atoms with Crippen LogP contribution in [0.15, 0.2) is 18.2 Å². The zero-order valence-corrected chi connectivity index (χ0v) is 11.8. The SMILES string of the molecule is O=C(Nc1cc(Cl)ccc1Cl)c1c(F)c(F)c(F)c(F)c1F. The molecule has 0 spiro atoms. The first kappa shape index (κ1) is 16.5. The smallest absolute Gasteiger partial charge is 0.261 e. The van der Waals surface area contributed by atoms with E-state index in [9.17, 15) is 26.7 Å². The van der Waals surface area contributed by atoms with Crippen molar-refractivity contribution >= 4 is 34.8 Å². The number of carbonyl (C=O) groups is 1. The normalized spacial score (nSPS) is 10.7. The highest BCUT2D eigenvalue weighted by atomic mass is 35.5. The lowest BCUT2D eigenvalue weighted by molar-refractivity contribution is 0.101. The van der Waals surface area contributed by atoms with Gasteiger partial charge in [-0.15, -0.1) is 0 Å². The lowest BCUT2D eigenvalue weighted by Gasteiger charge is -2.10. The van der Waals surface area contributed by atoms with Crippen molar-refractivity contribution in [2.45, 2.75) is 0 Å². The van der Waals surface area contributed by atoms with Crippen LogP contribution in [0.25, 0.3) is 0 Å². The third-order valence-corrected chi connectivity index (χ3v) is 3.18. The van der Waals surface area contributed by atoms with E-state index < -0.39 is 40.6 Å². The van der Waals surface area contributed by atoms with Crippen molar-refractivity contribution in [2.24, 2.45) is 0 Å². The molecule has 2 rings (SSSR count). The largest absolute Gasteiger partial charge is 0.320 e. The van der Waals surface area contributed by atoms with Crippen LogP contribution < -0.4 is 5.32 Å². The van der Waals surface area contributed by atoms with Gasteiger partial charge in [0.05, 0.1) is 10.7 Å². The number of carbonyl (C=O) groups excluding carboxylic acids is 1. The minimum absolute atomic E-state index is 0.0402. The van der Waals surface area contributed by atoms with E-state index in [1.54, 1.807) is 0 Å². The van der Waals surface area contributed by atoms with Crippen LogP contribution in [-0.2, 0) is 0 Å². The standard InChI is InChI=1S/C13H4Cl2F5NO/c14-4-1-2-5(15)6(3-4)21-13(22)7-8(16)10(18)12(20)11(19)9(7)17/h1-3H,(H,21,22). The van der Waals surface area contributed by atoms with E-state index in [2.05, 4.69) is 0 Å². The van der Waals surface area contributed by atoms with E-state index in [0.717, 1.165) is 6.07 Å². The molecule has 2 aromatic rings. The average Bonchev–Trinajstić information content (AvgIpc) is 2.47. The highest BCUT2D eigenvalue weighted by Gasteiger charge is 2.30. The number of halogens is 7. The molecule has 1 amide bonds. The summed E-state index contributed by atoms with van der Waals surface area (Å²) in [6.45, 7) is 0. The molecule has 0 heterocycles. The molecule has 9 heteroatoms. The van der Waals surface area contributed by atoms with E-state index in [0.29, 0.717) is 0 Å². The molecule has 2 aromatic carbocycles. The van der Waals surface area contributed by atoms with Crippen molar-refractivity contribution in [3.8, 4) is 0 Å². The summed E-state index contributed by atoms with van der Waals surface area (Å²) >= 11 is 11.4. The lowest BCUT2D eigenvalue weighted by Crippen LogP contribution is -2.19. The molecule has 0 aliphatic heterocycles. The van der Waals surface area contributed by atoms with Gasteiger partial charge in [-0.1, -0.05) is 23.2 Å². The monoisotopic (exact) mass is 355 g/mol. The molecule has 2 nitrogen and oxygen atoms in total. The maximum Gasteiger partial charge on any atom is 0.261 e. The van der Waals surface area contributed by atoms with E-state index >= 15 is 0 Å². The van der Waals surface area contributed by atoms with Crippen molar-refractivity contribution in [3.63, 3.8) is 0 Å². The molecule has 0 saturated carbocycles. The lowest BCUT2D eigenvalue weighted by atomic mass is 10.1. The third kappa shape index (κ3) is 2.86. The minimum atomic E-state index is -2.35. The number of benzene rings is 2. The van der Waals surface area contributed by atoms with Gasteiger partial charge in [0.15, 0.2) is 23.3 Å². The predicted octanol–water partition coefficient (Wildman–Crippen LogP) is 4.94. The second kappa shape index (κ2) is 6.10. The summed E-state index contributed by atoms with van der Waals surface area (Å²) in [7, 11) is 0. The zero-order chi connectivity index (χ0) is 16.6. The summed E-state index contributed by atoms with van der Waals surface area (Å²) in [5.74, 6) is -12.8. The van der Waals surface area contributed by atoms with Gasteiger partial charge >= 0.3 is 0 Å². The molecule has 0 aromatic heterocycles. The predicted molar refractivity (Wildman–Crippen MR) is 70.6 cm³/mol. The Kier molecular flexibility index (Phi) is 4.58. The molecule has 1 N–H and O–H groups in total. The van der Waals surface area contributed by atoms with Gasteiger partial charge in [-0.05, 0) is 18.2 Å². The number of amides is 1. The second-order valence-electron chi connectivity index (χ2n) is 4.02. The summed E-state index contributed by atoms with van der Waals surface area (Å²) in [6, 6.07) is 3.80. The summed E-state index contributed by atoms with van der Waals surface area (Å²) in [5, 5.41) is 2.03. The Bertz CT molecular complexity index is 753. The molecule has 0 saturated heterocycles. The summed E-state index contributed by atoms with van der Waals surface area (Å²) in [5.41, 5.74) is -1.77. The van der Waals surface area contributed by atoms with Gasteiger partial charge in [-0.25, -0.2) is 22.0 Å². The van der Waals surface area contributed by atoms with E-state index in [1.807, 2.05) is 5.32 Å². The summed E-state index contributed by atoms with van der Waals surface area (Å²) in [6.07, 6.45) is 0. The molecule has 0 radical (unpaired) electrons. The molecule has 0 atom stereocenters. The quantitative estimate of drug-likeness (QED) is 0.461. The Morgan fingerprint density at radius 2 is 1.36 bits per heavy atom. The van der Waals surface area contributed by atoms with Gasteiger partial charge in [0.2, 0.25) is 5.82 Å². The summed E-state index contributed by atoms with van der Waals surface area (Å²) < 4.78 is 66.0. The topological polar surface area (TPSA) is 29.1 Å². The maximum absolute atomic E-state index is 13.5. The highest BCUT2D eigenvalue weighted by Crippen LogP contribution is 2.28. The van der Waals surface area contributed by atoms with Crippen molar-refractivity contribution in [3.05, 3.63) is 62.9 Å². The van der Waals surface area contributed by atoms with Crippen molar-refractivity contribution < 1.29 is 26.7 Å². The molecule has 0 aliphatic rings. The van der Waals surface area contributed by atoms with E-state index in [1.165, 1.54) is 12.1 Å². The van der Waals surface area contributed by atoms with Crippen molar-refractivity contribution in [1.82, 2.24) is 0 Å². The summed E-state index contributed by atoms with van der Waals surface area (Å²) in [4.78, 5) is 11.8. The number of rotatable bonds is 2. The Morgan fingerprint density at radius 1 is 0.864 bits per heavy atom. The van der Waals surface area contributed by atoms with Crippen molar-refractivity contribution in [2.75, 3.05) is 5.32 Å². The van der Waals surface area contributed by atoms with Crippen LogP contribution in [-0.4, -0.2) is 5.91 Å². The van der Waals surface area contributed by atoms with Crippen LogP contribution in [0.2, 0.25) is 10.0 Å². The number of nitrogens with one attached hydrogen (secondary N) is 1. The van der Waals surface area contributed by atoms with Gasteiger partial charge in [0.25, 0.3) is 5.91 Å². The van der Waals surface area contributed by atoms with Crippen molar-refractivity contribution in [1.29, 1.82) is 0 Å². The Labute approximate surface area is 130 Å². The zero-order valence-electron chi connectivity index (χ0n) is 10.3. The van der Waals surface area contributed by atoms with Crippen LogP contribution in [0.4, 0.5) is 27.6 Å². The van der Waals surface area contributed by atoms with E-state index in [4.69, 9.17) is 23.2 Å². The van der Waals surface area contributed by atoms with Crippen LogP contribution in [0.3, 0.4) is 0 Å². The molecule has 22 heavy (non-hydrogen) atoms. The molecule has 116 valence electrons. The third-order valence-electron chi connectivity index (χ3n) is 2.61. The fourth-order valence-electron chi connectivity index (χ4n) is 1.58. The molecule has 0 aliphatic carbocycles. The first-order valence-electron chi connectivity index (χ1n) is 5.52.